The summed E-state index contributed by atoms with van der Waals surface area (Å²) in [6.07, 6.45) is 12.2. The normalized spacial score (nSPS) is 24.9. The zero-order chi connectivity index (χ0) is 6.10. The van der Waals surface area contributed by atoms with Gasteiger partial charge in [0.25, 0.3) is 0 Å². The van der Waals surface area contributed by atoms with Gasteiger partial charge in [-0.3, -0.25) is 0 Å². The van der Waals surface area contributed by atoms with Crippen LogP contribution in [-0.4, -0.2) is 0 Å². The summed E-state index contributed by atoms with van der Waals surface area (Å²) in [5.74, 6) is 0. The zero-order valence-electron chi connectivity index (χ0n) is 5.61. The van der Waals surface area contributed by atoms with Crippen LogP contribution in [0.5, 0.6) is 0 Å². The predicted octanol–water partition coefficient (Wildman–Crippen LogP) is 2.62. The van der Waals surface area contributed by atoms with Crippen LogP contribution in [0.4, 0.5) is 0 Å². The molecule has 1 fully saturated rings. The van der Waals surface area contributed by atoms with Gasteiger partial charge in [-0.05, 0) is 49.3 Å². The fourth-order valence-corrected chi connectivity index (χ4v) is 1.65. The molecule has 0 nitrogen and oxygen atoms in total. The lowest BCUT2D eigenvalue weighted by molar-refractivity contribution is 0.681. The molecular formula is C9H11. The first kappa shape index (κ1) is 5.28. The Morgan fingerprint density at radius 1 is 1.22 bits per heavy atom. The minimum absolute atomic E-state index is 1.09. The van der Waals surface area contributed by atoms with E-state index in [9.17, 15) is 0 Å². The molecule has 0 aliphatic heterocycles. The topological polar surface area (TPSA) is 0 Å². The largest absolute Gasteiger partial charge is 0.0766 e. The molecule has 2 aliphatic rings. The van der Waals surface area contributed by atoms with E-state index in [-0.39, 0.29) is 0 Å². The van der Waals surface area contributed by atoms with Crippen molar-refractivity contribution in [2.75, 3.05) is 0 Å². The van der Waals surface area contributed by atoms with Gasteiger partial charge in [-0.25, -0.2) is 0 Å². The Labute approximate surface area is 56.3 Å². The van der Waals surface area contributed by atoms with Crippen molar-refractivity contribution in [2.24, 2.45) is 0 Å². The highest BCUT2D eigenvalue weighted by atomic mass is 14.2. The van der Waals surface area contributed by atoms with Crippen molar-refractivity contribution in [3.8, 4) is 0 Å². The van der Waals surface area contributed by atoms with E-state index in [2.05, 4.69) is 12.2 Å². The molecule has 2 aliphatic carbocycles. The predicted molar refractivity (Wildman–Crippen MR) is 37.9 cm³/mol. The number of hydrogen-bond donors (Lipinski definition) is 0. The molecule has 9 heavy (non-hydrogen) atoms. The molecule has 0 saturated heterocycles. The average Bonchev–Trinajstić information content (AvgIpc) is 2.33. The fraction of sp³-hybridized carbons (Fsp3) is 0.556. The van der Waals surface area contributed by atoms with Gasteiger partial charge in [-0.1, -0.05) is 6.08 Å². The van der Waals surface area contributed by atoms with E-state index in [1.807, 2.05) is 0 Å². The maximum absolute atomic E-state index is 3.38. The van der Waals surface area contributed by atoms with E-state index < -0.39 is 0 Å². The molecule has 1 saturated carbocycles. The first-order valence-electron chi connectivity index (χ1n) is 3.76. The van der Waals surface area contributed by atoms with Gasteiger partial charge < -0.3 is 0 Å². The first-order chi connectivity index (χ1) is 4.47. The highest BCUT2D eigenvalue weighted by Crippen LogP contribution is 2.32. The Morgan fingerprint density at radius 2 is 2.11 bits per heavy atom. The average molecular weight is 119 g/mol. The second-order valence-corrected chi connectivity index (χ2v) is 2.80. The number of fused-ring (bicyclic) bond motifs is 1. The molecule has 1 radical (unpaired) electrons. The van der Waals surface area contributed by atoms with E-state index in [4.69, 9.17) is 0 Å². The summed E-state index contributed by atoms with van der Waals surface area (Å²) < 4.78 is 0. The molecule has 2 rings (SSSR count). The lowest BCUT2D eigenvalue weighted by Crippen LogP contribution is -1.94. The van der Waals surface area contributed by atoms with Gasteiger partial charge in [0, 0.05) is 0 Å². The zero-order valence-corrected chi connectivity index (χ0v) is 5.61. The maximum Gasteiger partial charge on any atom is -0.00857 e. The van der Waals surface area contributed by atoms with Crippen molar-refractivity contribution < 1.29 is 0 Å². The van der Waals surface area contributed by atoms with Crippen LogP contribution in [0.2, 0.25) is 0 Å². The van der Waals surface area contributed by atoms with E-state index in [0.29, 0.717) is 0 Å². The molecule has 0 heterocycles. The first-order valence-corrected chi connectivity index (χ1v) is 3.76. The van der Waals surface area contributed by atoms with Gasteiger partial charge in [-0.15, -0.1) is 0 Å². The Morgan fingerprint density at radius 3 is 3.00 bits per heavy atom. The molecule has 0 aromatic heterocycles. The molecule has 0 aromatic rings. The van der Waals surface area contributed by atoms with Gasteiger partial charge in [-0.2, -0.15) is 0 Å². The lowest BCUT2D eigenvalue weighted by Gasteiger charge is -2.13. The minimum Gasteiger partial charge on any atom is -0.0766 e. The Bertz CT molecular complexity index is 152. The van der Waals surface area contributed by atoms with Crippen molar-refractivity contribution in [1.29, 1.82) is 0 Å². The molecule has 0 N–H and O–H groups in total. The van der Waals surface area contributed by atoms with Crippen LogP contribution in [0.3, 0.4) is 0 Å². The van der Waals surface area contributed by atoms with Crippen LogP contribution in [-0.2, 0) is 0 Å². The van der Waals surface area contributed by atoms with E-state index in [1.165, 1.54) is 31.3 Å². The molecule has 47 valence electrons. The standard InChI is InChI=1S/C9H11/c1-2-5-9-7-3-6-8(9)4-1/h6H,1-5H2. The second-order valence-electron chi connectivity index (χ2n) is 2.80. The van der Waals surface area contributed by atoms with Crippen LogP contribution in [0, 0.1) is 6.08 Å². The summed E-state index contributed by atoms with van der Waals surface area (Å²) in [6.45, 7) is 0. The molecule has 0 atom stereocenters. The molecular weight excluding hydrogens is 108 g/mol. The summed E-state index contributed by atoms with van der Waals surface area (Å²) in [7, 11) is 0. The Kier molecular flexibility index (Phi) is 1.18. The molecule has 0 amide bonds. The van der Waals surface area contributed by atoms with Crippen molar-refractivity contribution in [3.63, 3.8) is 0 Å². The quantitative estimate of drug-likeness (QED) is 0.460. The van der Waals surface area contributed by atoms with Crippen molar-refractivity contribution >= 4 is 0 Å². The smallest absolute Gasteiger partial charge is 0.00857 e. The van der Waals surface area contributed by atoms with Gasteiger partial charge in [0.05, 0.1) is 0 Å². The van der Waals surface area contributed by atoms with Crippen molar-refractivity contribution in [3.05, 3.63) is 23.3 Å². The van der Waals surface area contributed by atoms with E-state index >= 15 is 0 Å². The number of hydrogen-bond acceptors (Lipinski definition) is 0. The van der Waals surface area contributed by atoms with Crippen LogP contribution in [0.15, 0.2) is 17.2 Å². The molecule has 0 aromatic carbocycles. The number of rotatable bonds is 0. The summed E-state index contributed by atoms with van der Waals surface area (Å²) in [6, 6.07) is 0. The highest BCUT2D eigenvalue weighted by molar-refractivity contribution is 5.35. The minimum atomic E-state index is 1.09. The molecule has 0 spiro atoms. The third-order valence-corrected chi connectivity index (χ3v) is 2.17. The molecule has 0 bridgehead atoms. The fourth-order valence-electron chi connectivity index (χ4n) is 1.65. The van der Waals surface area contributed by atoms with Crippen LogP contribution in [0.25, 0.3) is 0 Å². The molecule has 0 heteroatoms. The third-order valence-electron chi connectivity index (χ3n) is 2.17. The lowest BCUT2D eigenvalue weighted by atomic mass is 9.92. The Hall–Kier alpha value is -0.520. The summed E-state index contributed by atoms with van der Waals surface area (Å²) in [5, 5.41) is 0. The third kappa shape index (κ3) is 0.827. The van der Waals surface area contributed by atoms with Gasteiger partial charge >= 0.3 is 0 Å². The van der Waals surface area contributed by atoms with Crippen LogP contribution < -0.4 is 0 Å². The maximum atomic E-state index is 3.38. The van der Waals surface area contributed by atoms with Gasteiger partial charge in [0.15, 0.2) is 0 Å². The van der Waals surface area contributed by atoms with E-state index in [1.54, 1.807) is 5.57 Å². The van der Waals surface area contributed by atoms with Gasteiger partial charge in [0.2, 0.25) is 0 Å². The highest BCUT2D eigenvalue weighted by Gasteiger charge is 2.13. The SMILES string of the molecule is [C]1=C2CCCCC2=CC1. The van der Waals surface area contributed by atoms with Crippen molar-refractivity contribution in [1.82, 2.24) is 0 Å². The van der Waals surface area contributed by atoms with Gasteiger partial charge in [0.1, 0.15) is 0 Å². The van der Waals surface area contributed by atoms with Crippen LogP contribution >= 0.6 is 0 Å². The van der Waals surface area contributed by atoms with Crippen molar-refractivity contribution in [2.45, 2.75) is 32.1 Å². The summed E-state index contributed by atoms with van der Waals surface area (Å²) in [4.78, 5) is 0. The summed E-state index contributed by atoms with van der Waals surface area (Å²) in [5.41, 5.74) is 3.13. The summed E-state index contributed by atoms with van der Waals surface area (Å²) >= 11 is 0. The second kappa shape index (κ2) is 2.02. The molecule has 0 unspecified atom stereocenters. The number of allylic oxidation sites excluding steroid dienone is 4. The van der Waals surface area contributed by atoms with E-state index in [0.717, 1.165) is 6.42 Å². The monoisotopic (exact) mass is 119 g/mol. The Balaban J connectivity index is 2.22. The van der Waals surface area contributed by atoms with Crippen LogP contribution in [0.1, 0.15) is 32.1 Å².